The summed E-state index contributed by atoms with van der Waals surface area (Å²) >= 11 is 1.65. The summed E-state index contributed by atoms with van der Waals surface area (Å²) in [6, 6.07) is 3.74. The van der Waals surface area contributed by atoms with Crippen LogP contribution in [0.2, 0.25) is 0 Å². The normalized spacial score (nSPS) is 12.4. The minimum absolute atomic E-state index is 0.471. The van der Waals surface area contributed by atoms with E-state index in [1.54, 1.807) is 24.5 Å². The predicted octanol–water partition coefficient (Wildman–Crippen LogP) is 2.54. The molecule has 0 amide bonds. The summed E-state index contributed by atoms with van der Waals surface area (Å²) in [7, 11) is 1.98. The molecule has 0 spiro atoms. The van der Waals surface area contributed by atoms with Gasteiger partial charge in [0, 0.05) is 18.6 Å². The SMILES string of the molecule is Cc1nc(CN(C)c2cc(C(C)O)ccn2)cs1. The maximum Gasteiger partial charge on any atom is 0.128 e. The monoisotopic (exact) mass is 263 g/mol. The standard InChI is InChI=1S/C13H17N3OS/c1-9(17)11-4-5-14-13(6-11)16(3)7-12-8-18-10(2)15-12/h4-6,8-9,17H,7H2,1-3H3. The van der Waals surface area contributed by atoms with Crippen LogP contribution in [0.4, 0.5) is 5.82 Å². The van der Waals surface area contributed by atoms with Crippen molar-refractivity contribution in [3.05, 3.63) is 40.0 Å². The van der Waals surface area contributed by atoms with Gasteiger partial charge in [0.15, 0.2) is 0 Å². The smallest absolute Gasteiger partial charge is 0.128 e. The van der Waals surface area contributed by atoms with E-state index in [0.717, 1.165) is 28.6 Å². The maximum absolute atomic E-state index is 9.57. The molecule has 2 heterocycles. The lowest BCUT2D eigenvalue weighted by atomic mass is 10.2. The van der Waals surface area contributed by atoms with Crippen molar-refractivity contribution < 1.29 is 5.11 Å². The topological polar surface area (TPSA) is 49.2 Å². The zero-order valence-corrected chi connectivity index (χ0v) is 11.6. The molecule has 2 aromatic heterocycles. The third kappa shape index (κ3) is 3.05. The quantitative estimate of drug-likeness (QED) is 0.921. The zero-order chi connectivity index (χ0) is 13.1. The Labute approximate surface area is 111 Å². The summed E-state index contributed by atoms with van der Waals surface area (Å²) in [5, 5.41) is 12.7. The number of aliphatic hydroxyl groups is 1. The summed E-state index contributed by atoms with van der Waals surface area (Å²) < 4.78 is 0. The van der Waals surface area contributed by atoms with Gasteiger partial charge in [0.25, 0.3) is 0 Å². The van der Waals surface area contributed by atoms with Crippen LogP contribution in [0, 0.1) is 6.92 Å². The second kappa shape index (κ2) is 5.46. The molecule has 0 radical (unpaired) electrons. The minimum Gasteiger partial charge on any atom is -0.389 e. The molecular weight excluding hydrogens is 246 g/mol. The number of pyridine rings is 1. The van der Waals surface area contributed by atoms with Gasteiger partial charge in [-0.1, -0.05) is 0 Å². The molecule has 1 atom stereocenters. The Morgan fingerprint density at radius 2 is 2.28 bits per heavy atom. The van der Waals surface area contributed by atoms with Crippen molar-refractivity contribution in [1.29, 1.82) is 0 Å². The molecule has 0 aromatic carbocycles. The summed E-state index contributed by atoms with van der Waals surface area (Å²) in [6.45, 7) is 4.48. The number of hydrogen-bond donors (Lipinski definition) is 1. The van der Waals surface area contributed by atoms with E-state index in [9.17, 15) is 5.11 Å². The van der Waals surface area contributed by atoms with Gasteiger partial charge < -0.3 is 10.0 Å². The molecule has 2 rings (SSSR count). The molecule has 0 aliphatic heterocycles. The fraction of sp³-hybridized carbons (Fsp3) is 0.385. The summed E-state index contributed by atoms with van der Waals surface area (Å²) in [4.78, 5) is 10.8. The minimum atomic E-state index is -0.471. The van der Waals surface area contributed by atoms with Gasteiger partial charge in [-0.3, -0.25) is 0 Å². The second-order valence-corrected chi connectivity index (χ2v) is 5.40. The highest BCUT2D eigenvalue weighted by atomic mass is 32.1. The lowest BCUT2D eigenvalue weighted by Crippen LogP contribution is -2.18. The highest BCUT2D eigenvalue weighted by Gasteiger charge is 2.08. The number of anilines is 1. The molecule has 0 saturated carbocycles. The average molecular weight is 263 g/mol. The molecule has 0 bridgehead atoms. The fourth-order valence-corrected chi connectivity index (χ4v) is 2.31. The van der Waals surface area contributed by atoms with Gasteiger partial charge in [-0.15, -0.1) is 11.3 Å². The molecular formula is C13H17N3OS. The van der Waals surface area contributed by atoms with Crippen molar-refractivity contribution in [2.24, 2.45) is 0 Å². The van der Waals surface area contributed by atoms with Crippen LogP contribution in [-0.2, 0) is 6.54 Å². The van der Waals surface area contributed by atoms with Crippen LogP contribution < -0.4 is 4.90 Å². The predicted molar refractivity (Wildman–Crippen MR) is 73.8 cm³/mol. The molecule has 2 aromatic rings. The van der Waals surface area contributed by atoms with Crippen LogP contribution in [0.5, 0.6) is 0 Å². The molecule has 0 saturated heterocycles. The Balaban J connectivity index is 2.13. The number of rotatable bonds is 4. The average Bonchev–Trinajstić information content (AvgIpc) is 2.75. The van der Waals surface area contributed by atoms with Crippen molar-refractivity contribution >= 4 is 17.2 Å². The van der Waals surface area contributed by atoms with E-state index in [0.29, 0.717) is 0 Å². The van der Waals surface area contributed by atoms with E-state index in [4.69, 9.17) is 0 Å². The van der Waals surface area contributed by atoms with Gasteiger partial charge in [-0.25, -0.2) is 9.97 Å². The van der Waals surface area contributed by atoms with Crippen molar-refractivity contribution in [2.45, 2.75) is 26.5 Å². The first kappa shape index (κ1) is 13.0. The van der Waals surface area contributed by atoms with Crippen LogP contribution in [-0.4, -0.2) is 22.1 Å². The third-order valence-electron chi connectivity index (χ3n) is 2.71. The van der Waals surface area contributed by atoms with Crippen molar-refractivity contribution in [1.82, 2.24) is 9.97 Å². The van der Waals surface area contributed by atoms with Gasteiger partial charge in [0.1, 0.15) is 5.82 Å². The van der Waals surface area contributed by atoms with Crippen molar-refractivity contribution in [3.63, 3.8) is 0 Å². The van der Waals surface area contributed by atoms with Gasteiger partial charge >= 0.3 is 0 Å². The number of thiazole rings is 1. The molecule has 5 heteroatoms. The molecule has 0 aliphatic rings. The van der Waals surface area contributed by atoms with Crippen LogP contribution in [0.15, 0.2) is 23.7 Å². The molecule has 0 fully saturated rings. The Kier molecular flexibility index (Phi) is 3.93. The summed E-state index contributed by atoms with van der Waals surface area (Å²) in [5.41, 5.74) is 1.92. The summed E-state index contributed by atoms with van der Waals surface area (Å²) in [6.07, 6.45) is 1.25. The van der Waals surface area contributed by atoms with Crippen LogP contribution in [0.1, 0.15) is 29.3 Å². The van der Waals surface area contributed by atoms with Gasteiger partial charge in [-0.05, 0) is 31.5 Å². The second-order valence-electron chi connectivity index (χ2n) is 4.34. The first-order valence-electron chi connectivity index (χ1n) is 5.82. The Morgan fingerprint density at radius 1 is 1.50 bits per heavy atom. The number of aliphatic hydroxyl groups excluding tert-OH is 1. The Hall–Kier alpha value is -1.46. The van der Waals surface area contributed by atoms with Crippen LogP contribution in [0.25, 0.3) is 0 Å². The van der Waals surface area contributed by atoms with E-state index in [-0.39, 0.29) is 0 Å². The van der Waals surface area contributed by atoms with E-state index in [1.165, 1.54) is 0 Å². The van der Waals surface area contributed by atoms with Gasteiger partial charge in [-0.2, -0.15) is 0 Å². The van der Waals surface area contributed by atoms with E-state index < -0.39 is 6.10 Å². The van der Waals surface area contributed by atoms with Gasteiger partial charge in [0.05, 0.1) is 23.4 Å². The number of aryl methyl sites for hydroxylation is 1. The summed E-state index contributed by atoms with van der Waals surface area (Å²) in [5.74, 6) is 0.846. The molecule has 96 valence electrons. The van der Waals surface area contributed by atoms with E-state index in [1.807, 2.05) is 31.0 Å². The number of aromatic nitrogens is 2. The van der Waals surface area contributed by atoms with E-state index >= 15 is 0 Å². The lowest BCUT2D eigenvalue weighted by Gasteiger charge is -2.18. The largest absolute Gasteiger partial charge is 0.389 e. The highest BCUT2D eigenvalue weighted by molar-refractivity contribution is 7.09. The van der Waals surface area contributed by atoms with E-state index in [2.05, 4.69) is 15.3 Å². The van der Waals surface area contributed by atoms with Crippen molar-refractivity contribution in [3.8, 4) is 0 Å². The first-order chi connectivity index (χ1) is 8.56. The Bertz CT molecular complexity index is 524. The van der Waals surface area contributed by atoms with Gasteiger partial charge in [0.2, 0.25) is 0 Å². The molecule has 1 unspecified atom stereocenters. The first-order valence-corrected chi connectivity index (χ1v) is 6.70. The van der Waals surface area contributed by atoms with Crippen LogP contribution >= 0.6 is 11.3 Å². The number of hydrogen-bond acceptors (Lipinski definition) is 5. The molecule has 1 N–H and O–H groups in total. The molecule has 4 nitrogen and oxygen atoms in total. The highest BCUT2D eigenvalue weighted by Crippen LogP contribution is 2.19. The fourth-order valence-electron chi connectivity index (χ4n) is 1.71. The molecule has 0 aliphatic carbocycles. The number of nitrogens with zero attached hydrogens (tertiary/aromatic N) is 3. The maximum atomic E-state index is 9.57. The van der Waals surface area contributed by atoms with Crippen molar-refractivity contribution in [2.75, 3.05) is 11.9 Å². The zero-order valence-electron chi connectivity index (χ0n) is 10.8. The lowest BCUT2D eigenvalue weighted by molar-refractivity contribution is 0.199. The third-order valence-corrected chi connectivity index (χ3v) is 3.53. The van der Waals surface area contributed by atoms with Crippen LogP contribution in [0.3, 0.4) is 0 Å². The molecule has 18 heavy (non-hydrogen) atoms. The Morgan fingerprint density at radius 3 is 2.89 bits per heavy atom.